The number of anilines is 1. The highest BCUT2D eigenvalue weighted by atomic mass is 16.6. The van der Waals surface area contributed by atoms with Gasteiger partial charge in [0, 0.05) is 12.3 Å². The summed E-state index contributed by atoms with van der Waals surface area (Å²) in [6.45, 7) is 5.57. The predicted molar refractivity (Wildman–Crippen MR) is 101 cm³/mol. The number of benzene rings is 1. The van der Waals surface area contributed by atoms with E-state index in [1.165, 1.54) is 6.08 Å². The maximum absolute atomic E-state index is 11.7. The molecule has 150 valence electrons. The van der Waals surface area contributed by atoms with Crippen molar-refractivity contribution in [2.45, 2.75) is 26.3 Å². The molecule has 0 saturated carbocycles. The molecule has 0 fully saturated rings. The third kappa shape index (κ3) is 12.7. The number of hydrogen-bond acceptors (Lipinski definition) is 7. The van der Waals surface area contributed by atoms with Gasteiger partial charge in [0.25, 0.3) is 0 Å². The third-order valence-corrected chi connectivity index (χ3v) is 3.35. The number of aliphatic imine (C=N–C) groups is 1. The molecule has 0 aliphatic carbocycles. The van der Waals surface area contributed by atoms with Gasteiger partial charge >= 0.3 is 6.09 Å². The smallest absolute Gasteiger partial charge is 0.411 e. The maximum Gasteiger partial charge on any atom is 0.411 e. The fraction of sp³-hybridized carbons (Fsp3) is 0.579. The highest BCUT2D eigenvalue weighted by Crippen LogP contribution is 2.11. The van der Waals surface area contributed by atoms with Crippen molar-refractivity contribution >= 4 is 17.9 Å². The quantitative estimate of drug-likeness (QED) is 0.286. The van der Waals surface area contributed by atoms with E-state index in [4.69, 9.17) is 18.9 Å². The van der Waals surface area contributed by atoms with Gasteiger partial charge in [-0.05, 0) is 24.1 Å². The molecule has 0 atom stereocenters. The Labute approximate surface area is 159 Å². The zero-order chi connectivity index (χ0) is 19.6. The molecule has 0 unspecified atom stereocenters. The molecule has 0 aromatic heterocycles. The molecule has 8 heteroatoms. The number of unbranched alkanes of at least 4 members (excludes halogenated alkanes) is 1. The van der Waals surface area contributed by atoms with Crippen molar-refractivity contribution in [3.05, 3.63) is 29.8 Å². The topological polar surface area (TPSA) is 95.4 Å². The van der Waals surface area contributed by atoms with Gasteiger partial charge in [-0.2, -0.15) is 0 Å². The molecule has 1 aromatic carbocycles. The van der Waals surface area contributed by atoms with Crippen molar-refractivity contribution in [1.82, 2.24) is 0 Å². The number of nitrogens with zero attached hydrogens (tertiary/aromatic N) is 1. The number of ether oxygens (including phenoxy) is 4. The monoisotopic (exact) mass is 380 g/mol. The second-order valence-corrected chi connectivity index (χ2v) is 5.56. The number of rotatable bonds is 15. The summed E-state index contributed by atoms with van der Waals surface area (Å²) < 4.78 is 21.1. The molecule has 0 bridgehead atoms. The minimum Gasteiger partial charge on any atom is -0.447 e. The molecule has 8 nitrogen and oxygen atoms in total. The van der Waals surface area contributed by atoms with Crippen molar-refractivity contribution < 1.29 is 28.5 Å². The summed E-state index contributed by atoms with van der Waals surface area (Å²) in [7, 11) is 0. The summed E-state index contributed by atoms with van der Waals surface area (Å²) in [5.74, 6) is 0. The van der Waals surface area contributed by atoms with E-state index in [1.807, 2.05) is 0 Å². The van der Waals surface area contributed by atoms with Gasteiger partial charge < -0.3 is 18.9 Å². The summed E-state index contributed by atoms with van der Waals surface area (Å²) in [5.41, 5.74) is 1.35. The van der Waals surface area contributed by atoms with E-state index in [0.29, 0.717) is 32.1 Å². The minimum atomic E-state index is -0.574. The lowest BCUT2D eigenvalue weighted by Crippen LogP contribution is -2.18. The van der Waals surface area contributed by atoms with E-state index in [9.17, 15) is 9.59 Å². The summed E-state index contributed by atoms with van der Waals surface area (Å²) in [4.78, 5) is 25.3. The van der Waals surface area contributed by atoms with E-state index in [1.54, 1.807) is 24.3 Å². The van der Waals surface area contributed by atoms with Crippen molar-refractivity contribution in [3.63, 3.8) is 0 Å². The highest BCUT2D eigenvalue weighted by molar-refractivity contribution is 5.84. The first-order valence-electron chi connectivity index (χ1n) is 9.05. The number of nitrogens with one attached hydrogen (secondary N) is 1. The van der Waals surface area contributed by atoms with Crippen LogP contribution in [-0.2, 0) is 30.3 Å². The molecule has 27 heavy (non-hydrogen) atoms. The van der Waals surface area contributed by atoms with Gasteiger partial charge in [-0.25, -0.2) is 14.6 Å². The minimum absolute atomic E-state index is 0.140. The average Bonchev–Trinajstić information content (AvgIpc) is 2.67. The first-order valence-corrected chi connectivity index (χ1v) is 9.05. The van der Waals surface area contributed by atoms with Gasteiger partial charge in [-0.3, -0.25) is 5.32 Å². The average molecular weight is 380 g/mol. The third-order valence-electron chi connectivity index (χ3n) is 3.35. The zero-order valence-electron chi connectivity index (χ0n) is 15.8. The van der Waals surface area contributed by atoms with Crippen LogP contribution in [0.15, 0.2) is 29.3 Å². The van der Waals surface area contributed by atoms with Crippen LogP contribution >= 0.6 is 0 Å². The number of carbonyl (C=O) groups excluding carboxylic acids is 2. The normalized spacial score (nSPS) is 10.3. The zero-order valence-corrected chi connectivity index (χ0v) is 15.8. The molecule has 0 spiro atoms. The number of hydrogen-bond donors (Lipinski definition) is 1. The van der Waals surface area contributed by atoms with E-state index in [-0.39, 0.29) is 19.8 Å². The molecule has 0 saturated heterocycles. The Morgan fingerprint density at radius 3 is 2.37 bits per heavy atom. The summed E-state index contributed by atoms with van der Waals surface area (Å²) >= 11 is 0. The number of carbonyl (C=O) groups is 1. The standard InChI is InChI=1S/C19H28N2O6/c1-2-3-7-24-8-9-25-10-11-26-12-13-27-19(23)21-18-6-4-5-17(14-18)15-20-16-22/h4-6,14H,2-3,7-13,15H2,1H3,(H,21,23). The summed E-state index contributed by atoms with van der Waals surface area (Å²) in [6, 6.07) is 6.98. The van der Waals surface area contributed by atoms with Crippen molar-refractivity contribution in [2.75, 3.05) is 51.6 Å². The Hall–Kier alpha value is -2.25. The Balaban J connectivity index is 2.00. The first kappa shape index (κ1) is 22.8. The van der Waals surface area contributed by atoms with Crippen molar-refractivity contribution in [2.24, 2.45) is 4.99 Å². The molecule has 0 radical (unpaired) electrons. The van der Waals surface area contributed by atoms with Crippen molar-refractivity contribution in [3.8, 4) is 0 Å². The predicted octanol–water partition coefficient (Wildman–Crippen LogP) is 2.92. The molecule has 1 aromatic rings. The lowest BCUT2D eigenvalue weighted by Gasteiger charge is -2.09. The lowest BCUT2D eigenvalue weighted by atomic mass is 10.2. The second kappa shape index (κ2) is 16.0. The van der Waals surface area contributed by atoms with Gasteiger partial charge in [-0.1, -0.05) is 25.5 Å². The lowest BCUT2D eigenvalue weighted by molar-refractivity contribution is 0.00612. The van der Waals surface area contributed by atoms with Crippen molar-refractivity contribution in [1.29, 1.82) is 0 Å². The van der Waals surface area contributed by atoms with Crippen LogP contribution in [0.4, 0.5) is 10.5 Å². The van der Waals surface area contributed by atoms with Gasteiger partial charge in [0.05, 0.1) is 39.6 Å². The van der Waals surface area contributed by atoms with Gasteiger partial charge in [-0.15, -0.1) is 0 Å². The first-order chi connectivity index (χ1) is 13.3. The molecular weight excluding hydrogens is 352 g/mol. The molecule has 1 rings (SSSR count). The van der Waals surface area contributed by atoms with Gasteiger partial charge in [0.2, 0.25) is 6.08 Å². The summed E-state index contributed by atoms with van der Waals surface area (Å²) in [6.07, 6.45) is 3.09. The van der Waals surface area contributed by atoms with Crippen LogP contribution in [0.3, 0.4) is 0 Å². The number of amides is 1. The maximum atomic E-state index is 11.7. The Bertz CT molecular complexity index is 575. The molecule has 0 aliphatic heterocycles. The summed E-state index contributed by atoms with van der Waals surface area (Å²) in [5, 5.41) is 2.60. The van der Waals surface area contributed by atoms with Crippen LogP contribution in [0.5, 0.6) is 0 Å². The van der Waals surface area contributed by atoms with E-state index >= 15 is 0 Å². The van der Waals surface area contributed by atoms with Crippen LogP contribution in [0.25, 0.3) is 0 Å². The highest BCUT2D eigenvalue weighted by Gasteiger charge is 2.03. The molecule has 1 N–H and O–H groups in total. The number of isocyanates is 1. The largest absolute Gasteiger partial charge is 0.447 e. The second-order valence-electron chi connectivity index (χ2n) is 5.56. The Kier molecular flexibility index (Phi) is 13.5. The van der Waals surface area contributed by atoms with Crippen LogP contribution < -0.4 is 5.32 Å². The molecule has 0 aliphatic rings. The van der Waals surface area contributed by atoms with Crippen LogP contribution in [-0.4, -0.2) is 58.4 Å². The fourth-order valence-corrected chi connectivity index (χ4v) is 2.01. The Morgan fingerprint density at radius 2 is 1.70 bits per heavy atom. The van der Waals surface area contributed by atoms with E-state index in [2.05, 4.69) is 17.2 Å². The van der Waals surface area contributed by atoms with E-state index < -0.39 is 6.09 Å². The Morgan fingerprint density at radius 1 is 1.04 bits per heavy atom. The van der Waals surface area contributed by atoms with Gasteiger partial charge in [0.15, 0.2) is 0 Å². The van der Waals surface area contributed by atoms with Crippen LogP contribution in [0.1, 0.15) is 25.3 Å². The van der Waals surface area contributed by atoms with Crippen LogP contribution in [0, 0.1) is 0 Å². The SMILES string of the molecule is CCCCOCCOCCOCCOC(=O)Nc1cccc(CN=C=O)c1. The fourth-order valence-electron chi connectivity index (χ4n) is 2.01. The molecule has 1 amide bonds. The van der Waals surface area contributed by atoms with Gasteiger partial charge in [0.1, 0.15) is 6.61 Å². The van der Waals surface area contributed by atoms with E-state index in [0.717, 1.165) is 25.0 Å². The molecule has 0 heterocycles. The van der Waals surface area contributed by atoms with Crippen LogP contribution in [0.2, 0.25) is 0 Å². The molecular formula is C19H28N2O6.